The van der Waals surface area contributed by atoms with Gasteiger partial charge in [-0.3, -0.25) is 4.79 Å². The second kappa shape index (κ2) is 6.80. The maximum absolute atomic E-state index is 12.8. The van der Waals surface area contributed by atoms with Crippen LogP contribution in [-0.4, -0.2) is 68.5 Å². The summed E-state index contributed by atoms with van der Waals surface area (Å²) in [4.78, 5) is 29.3. The number of ether oxygens (including phenoxy) is 2. The summed E-state index contributed by atoms with van der Waals surface area (Å²) in [6, 6.07) is 7.16. The van der Waals surface area contributed by atoms with Crippen LogP contribution in [0.2, 0.25) is 0 Å². The summed E-state index contributed by atoms with van der Waals surface area (Å²) in [5.41, 5.74) is 0.605. The lowest BCUT2D eigenvalue weighted by molar-refractivity contribution is 0.0746. The molecule has 2 aromatic heterocycles. The van der Waals surface area contributed by atoms with Crippen molar-refractivity contribution < 1.29 is 14.3 Å². The minimum atomic E-state index is -0.0102. The number of nitrogens with zero attached hydrogens (tertiary/aromatic N) is 7. The van der Waals surface area contributed by atoms with Crippen molar-refractivity contribution in [3.05, 3.63) is 48.8 Å². The molecule has 0 aliphatic carbocycles. The molecule has 0 spiro atoms. The minimum Gasteiger partial charge on any atom is -0.454 e. The Bertz CT molecular complexity index is 1000. The van der Waals surface area contributed by atoms with Crippen LogP contribution in [-0.2, 0) is 0 Å². The molecular weight excluding hydrogens is 362 g/mol. The molecule has 0 unspecified atom stereocenters. The smallest absolute Gasteiger partial charge is 0.254 e. The number of carbonyl (C=O) groups is 1. The van der Waals surface area contributed by atoms with E-state index in [1.165, 1.54) is 12.7 Å². The maximum Gasteiger partial charge on any atom is 0.254 e. The highest BCUT2D eigenvalue weighted by Gasteiger charge is 2.25. The summed E-state index contributed by atoms with van der Waals surface area (Å²) < 4.78 is 12.3. The number of piperazine rings is 1. The van der Waals surface area contributed by atoms with Crippen molar-refractivity contribution in [1.82, 2.24) is 29.6 Å². The molecule has 10 nitrogen and oxygen atoms in total. The van der Waals surface area contributed by atoms with E-state index in [1.807, 2.05) is 11.0 Å². The molecule has 2 aliphatic heterocycles. The summed E-state index contributed by atoms with van der Waals surface area (Å²) >= 11 is 0. The van der Waals surface area contributed by atoms with Gasteiger partial charge in [0.15, 0.2) is 17.3 Å². The van der Waals surface area contributed by atoms with Gasteiger partial charge in [0.25, 0.3) is 5.91 Å². The zero-order chi connectivity index (χ0) is 18.9. The molecule has 1 saturated heterocycles. The highest BCUT2D eigenvalue weighted by Crippen LogP contribution is 2.33. The highest BCUT2D eigenvalue weighted by atomic mass is 16.7. The molecule has 1 aromatic carbocycles. The Hall–Kier alpha value is -3.69. The predicted molar refractivity (Wildman–Crippen MR) is 97.6 cm³/mol. The van der Waals surface area contributed by atoms with Crippen LogP contribution in [0.5, 0.6) is 11.5 Å². The largest absolute Gasteiger partial charge is 0.454 e. The van der Waals surface area contributed by atoms with Crippen molar-refractivity contribution >= 4 is 11.7 Å². The van der Waals surface area contributed by atoms with Crippen LogP contribution in [0.25, 0.3) is 5.82 Å². The van der Waals surface area contributed by atoms with E-state index in [9.17, 15) is 4.79 Å². The summed E-state index contributed by atoms with van der Waals surface area (Å²) in [5, 5.41) is 4.09. The van der Waals surface area contributed by atoms with Gasteiger partial charge in [-0.15, -0.1) is 0 Å². The number of fused-ring (bicyclic) bond motifs is 1. The topological polar surface area (TPSA) is 98.5 Å². The van der Waals surface area contributed by atoms with Gasteiger partial charge in [0.05, 0.1) is 0 Å². The molecule has 0 N–H and O–H groups in total. The minimum absolute atomic E-state index is 0.0102. The quantitative estimate of drug-likeness (QED) is 0.657. The van der Waals surface area contributed by atoms with E-state index >= 15 is 0 Å². The van der Waals surface area contributed by atoms with Crippen molar-refractivity contribution in [3.63, 3.8) is 0 Å². The molecule has 28 heavy (non-hydrogen) atoms. The summed E-state index contributed by atoms with van der Waals surface area (Å²) in [6.45, 7) is 2.78. The molecule has 1 amide bonds. The van der Waals surface area contributed by atoms with Crippen LogP contribution < -0.4 is 14.4 Å². The first-order chi connectivity index (χ1) is 13.8. The Kier molecular flexibility index (Phi) is 4.00. The van der Waals surface area contributed by atoms with Gasteiger partial charge in [0, 0.05) is 37.8 Å². The van der Waals surface area contributed by atoms with E-state index in [1.54, 1.807) is 29.2 Å². The van der Waals surface area contributed by atoms with Crippen LogP contribution in [0, 0.1) is 0 Å². The van der Waals surface area contributed by atoms with Crippen molar-refractivity contribution in [2.45, 2.75) is 0 Å². The average Bonchev–Trinajstić information content (AvgIpc) is 3.45. The third-order valence-corrected chi connectivity index (χ3v) is 4.80. The Morgan fingerprint density at radius 3 is 2.57 bits per heavy atom. The highest BCUT2D eigenvalue weighted by molar-refractivity contribution is 5.95. The molecule has 0 radical (unpaired) electrons. The fraction of sp³-hybridized carbons (Fsp3) is 0.278. The Morgan fingerprint density at radius 2 is 1.75 bits per heavy atom. The summed E-state index contributed by atoms with van der Waals surface area (Å²) in [7, 11) is 0. The third kappa shape index (κ3) is 2.98. The zero-order valence-electron chi connectivity index (χ0n) is 14.9. The predicted octanol–water partition coefficient (Wildman–Crippen LogP) is 0.748. The van der Waals surface area contributed by atoms with Gasteiger partial charge < -0.3 is 19.3 Å². The number of aromatic nitrogens is 5. The number of carbonyl (C=O) groups excluding carboxylic acids is 1. The van der Waals surface area contributed by atoms with Crippen molar-refractivity contribution in [1.29, 1.82) is 0 Å². The van der Waals surface area contributed by atoms with E-state index in [0.717, 1.165) is 5.82 Å². The number of anilines is 1. The lowest BCUT2D eigenvalue weighted by Gasteiger charge is -2.35. The fourth-order valence-electron chi connectivity index (χ4n) is 3.31. The number of amides is 1. The standard InChI is InChI=1S/C18H17N7O3/c26-18(13-1-2-14-15(7-13)28-12-27-14)24-5-3-23(4-6-24)16-8-17(21-10-20-16)25-11-19-9-22-25/h1-2,7-11H,3-6,12H2. The maximum atomic E-state index is 12.8. The molecule has 142 valence electrons. The third-order valence-electron chi connectivity index (χ3n) is 4.80. The van der Waals surface area contributed by atoms with Gasteiger partial charge in [-0.25, -0.2) is 19.6 Å². The van der Waals surface area contributed by atoms with Crippen molar-refractivity contribution in [2.75, 3.05) is 37.9 Å². The van der Waals surface area contributed by atoms with Crippen LogP contribution in [0.3, 0.4) is 0 Å². The molecule has 2 aliphatic rings. The molecule has 1 fully saturated rings. The van der Waals surface area contributed by atoms with E-state index in [4.69, 9.17) is 9.47 Å². The zero-order valence-corrected chi connectivity index (χ0v) is 14.9. The van der Waals surface area contributed by atoms with Crippen LogP contribution in [0.1, 0.15) is 10.4 Å². The molecule has 0 bridgehead atoms. The number of hydrogen-bond acceptors (Lipinski definition) is 8. The number of benzene rings is 1. The molecule has 3 aromatic rings. The molecule has 0 atom stereocenters. The Morgan fingerprint density at radius 1 is 0.929 bits per heavy atom. The van der Waals surface area contributed by atoms with Gasteiger partial charge >= 0.3 is 0 Å². The first-order valence-corrected chi connectivity index (χ1v) is 8.89. The van der Waals surface area contributed by atoms with Crippen LogP contribution >= 0.6 is 0 Å². The van der Waals surface area contributed by atoms with Gasteiger partial charge in [-0.1, -0.05) is 0 Å². The summed E-state index contributed by atoms with van der Waals surface area (Å²) in [5.74, 6) is 2.74. The normalized spacial score (nSPS) is 15.7. The van der Waals surface area contributed by atoms with Crippen molar-refractivity contribution in [3.8, 4) is 17.3 Å². The fourth-order valence-corrected chi connectivity index (χ4v) is 3.31. The summed E-state index contributed by atoms with van der Waals surface area (Å²) in [6.07, 6.45) is 4.56. The van der Waals surface area contributed by atoms with E-state index in [2.05, 4.69) is 25.0 Å². The van der Waals surface area contributed by atoms with Gasteiger partial charge in [0.1, 0.15) is 24.8 Å². The number of rotatable bonds is 3. The second-order valence-corrected chi connectivity index (χ2v) is 6.42. The van der Waals surface area contributed by atoms with Crippen LogP contribution in [0.15, 0.2) is 43.2 Å². The van der Waals surface area contributed by atoms with Crippen molar-refractivity contribution in [2.24, 2.45) is 0 Å². The molecule has 0 saturated carbocycles. The Labute approximate surface area is 160 Å². The van der Waals surface area contributed by atoms with Crippen LogP contribution in [0.4, 0.5) is 5.82 Å². The first-order valence-electron chi connectivity index (χ1n) is 8.89. The van der Waals surface area contributed by atoms with Gasteiger partial charge in [0.2, 0.25) is 6.79 Å². The first kappa shape index (κ1) is 16.5. The second-order valence-electron chi connectivity index (χ2n) is 6.42. The lowest BCUT2D eigenvalue weighted by atomic mass is 10.1. The number of hydrogen-bond donors (Lipinski definition) is 0. The molecule has 10 heteroatoms. The van der Waals surface area contributed by atoms with E-state index < -0.39 is 0 Å². The molecular formula is C18H17N7O3. The van der Waals surface area contributed by atoms with E-state index in [0.29, 0.717) is 49.1 Å². The van der Waals surface area contributed by atoms with E-state index in [-0.39, 0.29) is 12.7 Å². The SMILES string of the molecule is O=C(c1ccc2c(c1)OCO2)N1CCN(c2cc(-n3cncn3)ncn2)CC1. The van der Waals surface area contributed by atoms with Gasteiger partial charge in [-0.2, -0.15) is 5.10 Å². The molecule has 4 heterocycles. The Balaban J connectivity index is 1.26. The monoisotopic (exact) mass is 379 g/mol. The average molecular weight is 379 g/mol. The van der Waals surface area contributed by atoms with Gasteiger partial charge in [-0.05, 0) is 18.2 Å². The molecule has 5 rings (SSSR count). The lowest BCUT2D eigenvalue weighted by Crippen LogP contribution is -2.49.